The molecule has 0 bridgehead atoms. The van der Waals surface area contributed by atoms with Gasteiger partial charge in [-0.1, -0.05) is 36.4 Å². The molecule has 0 spiro atoms. The van der Waals surface area contributed by atoms with Gasteiger partial charge in [0.15, 0.2) is 0 Å². The van der Waals surface area contributed by atoms with Crippen LogP contribution in [0.25, 0.3) is 0 Å². The predicted molar refractivity (Wildman–Crippen MR) is 94.4 cm³/mol. The second-order valence-electron chi connectivity index (χ2n) is 6.39. The number of carbonyl (C=O) groups excluding carboxylic acids is 1. The van der Waals surface area contributed by atoms with Crippen LogP contribution in [0.15, 0.2) is 48.5 Å². The van der Waals surface area contributed by atoms with Crippen molar-refractivity contribution in [2.75, 3.05) is 12.3 Å². The van der Waals surface area contributed by atoms with Gasteiger partial charge in [-0.3, -0.25) is 4.79 Å². The number of hydrogen-bond donors (Lipinski definition) is 1. The molecule has 2 aromatic carbocycles. The molecule has 0 aliphatic carbocycles. The zero-order valence-electron chi connectivity index (χ0n) is 13.7. The minimum Gasteiger partial charge on any atom is -0.399 e. The van der Waals surface area contributed by atoms with Crippen molar-refractivity contribution in [2.45, 2.75) is 38.6 Å². The van der Waals surface area contributed by atoms with Gasteiger partial charge in [0.05, 0.1) is 0 Å². The lowest BCUT2D eigenvalue weighted by molar-refractivity contribution is 0.0730. The summed E-state index contributed by atoms with van der Waals surface area (Å²) in [5, 5.41) is 0. The van der Waals surface area contributed by atoms with Gasteiger partial charge in [-0.15, -0.1) is 0 Å². The molecule has 120 valence electrons. The first kappa shape index (κ1) is 15.6. The van der Waals surface area contributed by atoms with Gasteiger partial charge >= 0.3 is 0 Å². The molecule has 1 aliphatic heterocycles. The van der Waals surface area contributed by atoms with Gasteiger partial charge in [0.2, 0.25) is 0 Å². The molecule has 3 nitrogen and oxygen atoms in total. The summed E-state index contributed by atoms with van der Waals surface area (Å²) in [4.78, 5) is 15.0. The van der Waals surface area contributed by atoms with E-state index in [1.807, 2.05) is 36.1 Å². The highest BCUT2D eigenvalue weighted by atomic mass is 16.2. The van der Waals surface area contributed by atoms with Gasteiger partial charge in [0.1, 0.15) is 0 Å². The summed E-state index contributed by atoms with van der Waals surface area (Å²) in [6.07, 6.45) is 4.23. The zero-order chi connectivity index (χ0) is 16.2. The molecule has 1 unspecified atom stereocenters. The number of hydrogen-bond acceptors (Lipinski definition) is 2. The van der Waals surface area contributed by atoms with E-state index in [1.54, 1.807) is 0 Å². The van der Waals surface area contributed by atoms with Gasteiger partial charge in [-0.2, -0.15) is 0 Å². The van der Waals surface area contributed by atoms with E-state index in [0.29, 0.717) is 11.7 Å². The van der Waals surface area contributed by atoms with Crippen LogP contribution >= 0.6 is 0 Å². The van der Waals surface area contributed by atoms with Crippen molar-refractivity contribution in [3.05, 3.63) is 65.2 Å². The second kappa shape index (κ2) is 6.86. The number of amides is 1. The van der Waals surface area contributed by atoms with Crippen molar-refractivity contribution in [3.63, 3.8) is 0 Å². The number of nitrogens with zero attached hydrogens (tertiary/aromatic N) is 1. The molecule has 2 N–H and O–H groups in total. The van der Waals surface area contributed by atoms with Crippen LogP contribution in [-0.4, -0.2) is 23.4 Å². The van der Waals surface area contributed by atoms with E-state index in [0.717, 1.165) is 43.4 Å². The van der Waals surface area contributed by atoms with Gasteiger partial charge in [0, 0.05) is 23.8 Å². The van der Waals surface area contributed by atoms with Crippen molar-refractivity contribution in [3.8, 4) is 0 Å². The minimum absolute atomic E-state index is 0.130. The SMILES string of the molecule is Cc1ccc(N)cc1C(=O)N1CCCC1CCc1ccccc1. The number of likely N-dealkylation sites (tertiary alicyclic amines) is 1. The Balaban J connectivity index is 1.71. The van der Waals surface area contributed by atoms with E-state index < -0.39 is 0 Å². The van der Waals surface area contributed by atoms with Crippen LogP contribution in [0.2, 0.25) is 0 Å². The highest BCUT2D eigenvalue weighted by Crippen LogP contribution is 2.25. The van der Waals surface area contributed by atoms with Crippen molar-refractivity contribution < 1.29 is 4.79 Å². The van der Waals surface area contributed by atoms with Crippen LogP contribution < -0.4 is 5.73 Å². The summed E-state index contributed by atoms with van der Waals surface area (Å²) < 4.78 is 0. The molecule has 1 atom stereocenters. The van der Waals surface area contributed by atoms with E-state index in [1.165, 1.54) is 5.56 Å². The van der Waals surface area contributed by atoms with Crippen LogP contribution in [0.4, 0.5) is 5.69 Å². The number of aryl methyl sites for hydroxylation is 2. The van der Waals surface area contributed by atoms with Crippen molar-refractivity contribution in [2.24, 2.45) is 0 Å². The van der Waals surface area contributed by atoms with Crippen molar-refractivity contribution in [1.82, 2.24) is 4.90 Å². The number of nitrogens with two attached hydrogens (primary N) is 1. The molecule has 1 amide bonds. The van der Waals surface area contributed by atoms with Crippen molar-refractivity contribution in [1.29, 1.82) is 0 Å². The summed E-state index contributed by atoms with van der Waals surface area (Å²) in [5.41, 5.74) is 9.60. The smallest absolute Gasteiger partial charge is 0.254 e. The summed E-state index contributed by atoms with van der Waals surface area (Å²) in [5.74, 6) is 0.130. The quantitative estimate of drug-likeness (QED) is 0.873. The maximum atomic E-state index is 12.9. The fraction of sp³-hybridized carbons (Fsp3) is 0.350. The number of benzene rings is 2. The monoisotopic (exact) mass is 308 g/mol. The Morgan fingerprint density at radius 3 is 2.78 bits per heavy atom. The molecule has 3 heteroatoms. The van der Waals surface area contributed by atoms with Crippen LogP contribution in [0.1, 0.15) is 40.7 Å². The Hall–Kier alpha value is -2.29. The third kappa shape index (κ3) is 3.55. The first-order chi connectivity index (χ1) is 11.1. The normalized spacial score (nSPS) is 17.4. The van der Waals surface area contributed by atoms with E-state index in [4.69, 9.17) is 5.73 Å². The lowest BCUT2D eigenvalue weighted by Crippen LogP contribution is -2.36. The third-order valence-corrected chi connectivity index (χ3v) is 4.74. The van der Waals surface area contributed by atoms with Crippen LogP contribution in [0.3, 0.4) is 0 Å². The van der Waals surface area contributed by atoms with Crippen LogP contribution in [0.5, 0.6) is 0 Å². The average molecular weight is 308 g/mol. The summed E-state index contributed by atoms with van der Waals surface area (Å²) in [6, 6.07) is 16.4. The standard InChI is InChI=1S/C20H24N2O/c1-15-9-11-17(21)14-19(15)20(23)22-13-5-8-18(22)12-10-16-6-3-2-4-7-16/h2-4,6-7,9,11,14,18H,5,8,10,12-13,21H2,1H3. The number of nitrogen functional groups attached to an aromatic ring is 1. The maximum Gasteiger partial charge on any atom is 0.254 e. The number of carbonyl (C=O) groups is 1. The molecule has 1 fully saturated rings. The fourth-order valence-electron chi connectivity index (χ4n) is 3.41. The van der Waals surface area contributed by atoms with E-state index in [-0.39, 0.29) is 5.91 Å². The Bertz CT molecular complexity index is 681. The van der Waals surface area contributed by atoms with Crippen LogP contribution in [-0.2, 0) is 6.42 Å². The molecule has 0 radical (unpaired) electrons. The van der Waals surface area contributed by atoms with Crippen molar-refractivity contribution >= 4 is 11.6 Å². The molecular formula is C20H24N2O. The fourth-order valence-corrected chi connectivity index (χ4v) is 3.41. The van der Waals surface area contributed by atoms with Gasteiger partial charge in [0.25, 0.3) is 5.91 Å². The minimum atomic E-state index is 0.130. The lowest BCUT2D eigenvalue weighted by Gasteiger charge is -2.25. The Kier molecular flexibility index (Phi) is 4.65. The topological polar surface area (TPSA) is 46.3 Å². The molecule has 1 heterocycles. The zero-order valence-corrected chi connectivity index (χ0v) is 13.7. The second-order valence-corrected chi connectivity index (χ2v) is 6.39. The van der Waals surface area contributed by atoms with Crippen LogP contribution in [0, 0.1) is 6.92 Å². The number of anilines is 1. The average Bonchev–Trinajstić information content (AvgIpc) is 3.04. The molecule has 1 aliphatic rings. The molecule has 0 saturated carbocycles. The number of rotatable bonds is 4. The molecule has 0 aromatic heterocycles. The molecule has 23 heavy (non-hydrogen) atoms. The molecule has 3 rings (SSSR count). The molecular weight excluding hydrogens is 284 g/mol. The Morgan fingerprint density at radius 1 is 1.22 bits per heavy atom. The highest BCUT2D eigenvalue weighted by Gasteiger charge is 2.29. The lowest BCUT2D eigenvalue weighted by atomic mass is 10.0. The van der Waals surface area contributed by atoms with E-state index >= 15 is 0 Å². The molecule has 1 saturated heterocycles. The summed E-state index contributed by atoms with van der Waals surface area (Å²) >= 11 is 0. The van der Waals surface area contributed by atoms with E-state index in [2.05, 4.69) is 24.3 Å². The predicted octanol–water partition coefficient (Wildman–Crippen LogP) is 3.81. The maximum absolute atomic E-state index is 12.9. The Labute approximate surface area is 138 Å². The van der Waals surface area contributed by atoms with E-state index in [9.17, 15) is 4.79 Å². The summed E-state index contributed by atoms with van der Waals surface area (Å²) in [7, 11) is 0. The molecule has 2 aromatic rings. The summed E-state index contributed by atoms with van der Waals surface area (Å²) in [6.45, 7) is 2.83. The first-order valence-corrected chi connectivity index (χ1v) is 8.36. The van der Waals surface area contributed by atoms with Gasteiger partial charge < -0.3 is 10.6 Å². The Morgan fingerprint density at radius 2 is 2.00 bits per heavy atom. The first-order valence-electron chi connectivity index (χ1n) is 8.36. The van der Waals surface area contributed by atoms with Gasteiger partial charge in [-0.05, 0) is 55.9 Å². The van der Waals surface area contributed by atoms with Gasteiger partial charge in [-0.25, -0.2) is 0 Å². The highest BCUT2D eigenvalue weighted by molar-refractivity contribution is 5.96. The largest absolute Gasteiger partial charge is 0.399 e. The third-order valence-electron chi connectivity index (χ3n) is 4.74.